The van der Waals surface area contributed by atoms with E-state index in [1.165, 1.54) is 11.3 Å². The van der Waals surface area contributed by atoms with Crippen LogP contribution in [-0.4, -0.2) is 30.6 Å². The van der Waals surface area contributed by atoms with Crippen LogP contribution < -0.4 is 11.1 Å². The Morgan fingerprint density at radius 1 is 1.69 bits per heavy atom. The molecule has 0 saturated carbocycles. The zero-order valence-electron chi connectivity index (χ0n) is 9.36. The molecule has 0 radical (unpaired) electrons. The molecule has 6 heteroatoms. The van der Waals surface area contributed by atoms with E-state index in [-0.39, 0.29) is 5.91 Å². The summed E-state index contributed by atoms with van der Waals surface area (Å²) in [6.07, 6.45) is 0.813. The summed E-state index contributed by atoms with van der Waals surface area (Å²) in [6.45, 7) is 4.31. The molecule has 1 aromatic rings. The van der Waals surface area contributed by atoms with Gasteiger partial charge in [-0.15, -0.1) is 11.3 Å². The van der Waals surface area contributed by atoms with Crippen LogP contribution in [0, 0.1) is 0 Å². The molecule has 0 atom stereocenters. The van der Waals surface area contributed by atoms with Crippen molar-refractivity contribution < 1.29 is 9.53 Å². The summed E-state index contributed by atoms with van der Waals surface area (Å²) >= 11 is 1.40. The molecule has 0 spiro atoms. The lowest BCUT2D eigenvalue weighted by Crippen LogP contribution is -2.25. The zero-order valence-corrected chi connectivity index (χ0v) is 10.2. The van der Waals surface area contributed by atoms with Crippen LogP contribution >= 0.6 is 11.3 Å². The predicted octanol–water partition coefficient (Wildman–Crippen LogP) is 0.758. The summed E-state index contributed by atoms with van der Waals surface area (Å²) in [4.78, 5) is 15.7. The van der Waals surface area contributed by atoms with Gasteiger partial charge in [-0.1, -0.05) is 0 Å². The number of carbonyl (C=O) groups is 1. The molecule has 0 aliphatic heterocycles. The number of amides is 1. The smallest absolute Gasteiger partial charge is 0.270 e. The van der Waals surface area contributed by atoms with Crippen LogP contribution in [0.5, 0.6) is 0 Å². The summed E-state index contributed by atoms with van der Waals surface area (Å²) in [5.74, 6) is -0.146. The third kappa shape index (κ3) is 4.26. The van der Waals surface area contributed by atoms with Crippen molar-refractivity contribution in [3.8, 4) is 0 Å². The Morgan fingerprint density at radius 2 is 2.50 bits per heavy atom. The van der Waals surface area contributed by atoms with Crippen molar-refractivity contribution in [3.05, 3.63) is 16.1 Å². The first-order valence-corrected chi connectivity index (χ1v) is 6.16. The monoisotopic (exact) mass is 243 g/mol. The Labute approximate surface area is 99.0 Å². The minimum absolute atomic E-state index is 0.146. The molecule has 3 N–H and O–H groups in total. The number of ether oxygens (including phenoxy) is 1. The van der Waals surface area contributed by atoms with Gasteiger partial charge in [-0.25, -0.2) is 4.98 Å². The quantitative estimate of drug-likeness (QED) is 0.693. The van der Waals surface area contributed by atoms with Gasteiger partial charge in [0, 0.05) is 31.7 Å². The maximum Gasteiger partial charge on any atom is 0.270 e. The lowest BCUT2D eigenvalue weighted by Gasteiger charge is -2.03. The molecule has 5 nitrogen and oxygen atoms in total. The summed E-state index contributed by atoms with van der Waals surface area (Å²) in [7, 11) is 0. The van der Waals surface area contributed by atoms with Crippen molar-refractivity contribution in [3.63, 3.8) is 0 Å². The first kappa shape index (κ1) is 13.1. The molecule has 0 unspecified atom stereocenters. The molecule has 1 aromatic heterocycles. The highest BCUT2D eigenvalue weighted by Gasteiger charge is 2.08. The highest BCUT2D eigenvalue weighted by atomic mass is 32.1. The molecule has 90 valence electrons. The van der Waals surface area contributed by atoms with Gasteiger partial charge in [-0.3, -0.25) is 4.79 Å². The van der Waals surface area contributed by atoms with Crippen LogP contribution in [-0.2, 0) is 11.3 Å². The Hall–Kier alpha value is -0.980. The van der Waals surface area contributed by atoms with Crippen LogP contribution in [0.25, 0.3) is 0 Å². The minimum atomic E-state index is -0.146. The van der Waals surface area contributed by atoms with Crippen molar-refractivity contribution in [2.45, 2.75) is 19.9 Å². The Kier molecular flexibility index (Phi) is 5.99. The number of hydrogen-bond acceptors (Lipinski definition) is 5. The van der Waals surface area contributed by atoms with E-state index in [0.29, 0.717) is 32.0 Å². The standard InChI is InChI=1S/C10H17N3O2S/c1-2-15-5-3-4-12-10(14)8-7-16-9(6-11)13-8/h7H,2-6,11H2,1H3,(H,12,14). The summed E-state index contributed by atoms with van der Waals surface area (Å²) < 4.78 is 5.16. The molecule has 1 amide bonds. The Bertz CT molecular complexity index is 328. The van der Waals surface area contributed by atoms with Crippen molar-refractivity contribution in [1.29, 1.82) is 0 Å². The van der Waals surface area contributed by atoms with Gasteiger partial charge in [-0.05, 0) is 13.3 Å². The van der Waals surface area contributed by atoms with Crippen molar-refractivity contribution >= 4 is 17.2 Å². The fourth-order valence-electron chi connectivity index (χ4n) is 1.12. The largest absolute Gasteiger partial charge is 0.382 e. The van der Waals surface area contributed by atoms with Gasteiger partial charge in [0.05, 0.1) is 0 Å². The van der Waals surface area contributed by atoms with Crippen molar-refractivity contribution in [2.24, 2.45) is 5.73 Å². The maximum absolute atomic E-state index is 11.6. The molecule has 0 aliphatic carbocycles. The number of carbonyl (C=O) groups excluding carboxylic acids is 1. The van der Waals surface area contributed by atoms with Crippen LogP contribution in [0.3, 0.4) is 0 Å². The van der Waals surface area contributed by atoms with Gasteiger partial charge in [0.1, 0.15) is 10.7 Å². The SMILES string of the molecule is CCOCCCNC(=O)c1csc(CN)n1. The average Bonchev–Trinajstić information content (AvgIpc) is 2.77. The van der Waals surface area contributed by atoms with E-state index in [4.69, 9.17) is 10.5 Å². The first-order valence-electron chi connectivity index (χ1n) is 5.28. The van der Waals surface area contributed by atoms with Gasteiger partial charge in [0.15, 0.2) is 0 Å². The van der Waals surface area contributed by atoms with E-state index in [0.717, 1.165) is 11.4 Å². The first-order chi connectivity index (χ1) is 7.77. The van der Waals surface area contributed by atoms with Crippen LogP contribution in [0.15, 0.2) is 5.38 Å². The molecule has 1 rings (SSSR count). The number of nitrogens with zero attached hydrogens (tertiary/aromatic N) is 1. The number of rotatable bonds is 7. The van der Waals surface area contributed by atoms with E-state index < -0.39 is 0 Å². The van der Waals surface area contributed by atoms with E-state index >= 15 is 0 Å². The van der Waals surface area contributed by atoms with E-state index in [2.05, 4.69) is 10.3 Å². The molecule has 0 bridgehead atoms. The second-order valence-electron chi connectivity index (χ2n) is 3.14. The summed E-state index contributed by atoms with van der Waals surface area (Å²) in [5, 5.41) is 5.28. The second kappa shape index (κ2) is 7.32. The molecular formula is C10H17N3O2S. The highest BCUT2D eigenvalue weighted by molar-refractivity contribution is 7.09. The second-order valence-corrected chi connectivity index (χ2v) is 4.08. The minimum Gasteiger partial charge on any atom is -0.382 e. The van der Waals surface area contributed by atoms with Gasteiger partial charge in [0.2, 0.25) is 0 Å². The molecule has 16 heavy (non-hydrogen) atoms. The van der Waals surface area contributed by atoms with Gasteiger partial charge in [0.25, 0.3) is 5.91 Å². The number of nitrogens with one attached hydrogen (secondary N) is 1. The average molecular weight is 243 g/mol. The topological polar surface area (TPSA) is 77.2 Å². The van der Waals surface area contributed by atoms with Gasteiger partial charge in [-0.2, -0.15) is 0 Å². The third-order valence-electron chi connectivity index (χ3n) is 1.91. The molecular weight excluding hydrogens is 226 g/mol. The summed E-state index contributed by atoms with van der Waals surface area (Å²) in [5.41, 5.74) is 5.86. The number of hydrogen-bond donors (Lipinski definition) is 2. The normalized spacial score (nSPS) is 10.4. The Morgan fingerprint density at radius 3 is 3.12 bits per heavy atom. The van der Waals surface area contributed by atoms with Crippen LogP contribution in [0.1, 0.15) is 28.8 Å². The highest BCUT2D eigenvalue weighted by Crippen LogP contribution is 2.08. The van der Waals surface area contributed by atoms with Crippen molar-refractivity contribution in [1.82, 2.24) is 10.3 Å². The third-order valence-corrected chi connectivity index (χ3v) is 2.79. The summed E-state index contributed by atoms with van der Waals surface area (Å²) in [6, 6.07) is 0. The zero-order chi connectivity index (χ0) is 11.8. The molecule has 0 saturated heterocycles. The fraction of sp³-hybridized carbons (Fsp3) is 0.600. The van der Waals surface area contributed by atoms with Crippen LogP contribution in [0.4, 0.5) is 0 Å². The lowest BCUT2D eigenvalue weighted by molar-refractivity contribution is 0.0940. The lowest BCUT2D eigenvalue weighted by atomic mass is 10.4. The molecule has 1 heterocycles. The number of aromatic nitrogens is 1. The van der Waals surface area contributed by atoms with Crippen LogP contribution in [0.2, 0.25) is 0 Å². The van der Waals surface area contributed by atoms with Gasteiger partial charge >= 0.3 is 0 Å². The number of thiazole rings is 1. The fourth-order valence-corrected chi connectivity index (χ4v) is 1.77. The molecule has 0 aromatic carbocycles. The van der Waals surface area contributed by atoms with E-state index in [1.807, 2.05) is 6.92 Å². The van der Waals surface area contributed by atoms with E-state index in [9.17, 15) is 4.79 Å². The number of nitrogens with two attached hydrogens (primary N) is 1. The molecule has 0 fully saturated rings. The van der Waals surface area contributed by atoms with E-state index in [1.54, 1.807) is 5.38 Å². The molecule has 0 aliphatic rings. The maximum atomic E-state index is 11.6. The Balaban J connectivity index is 2.24. The van der Waals surface area contributed by atoms with Crippen molar-refractivity contribution in [2.75, 3.05) is 19.8 Å². The van der Waals surface area contributed by atoms with Gasteiger partial charge < -0.3 is 15.8 Å². The predicted molar refractivity (Wildman–Crippen MR) is 63.4 cm³/mol.